The summed E-state index contributed by atoms with van der Waals surface area (Å²) in [6, 6.07) is 1.38. The van der Waals surface area contributed by atoms with Crippen molar-refractivity contribution in [2.24, 2.45) is 11.8 Å². The molecule has 1 amide bonds. The second kappa shape index (κ2) is 4.12. The lowest BCUT2D eigenvalue weighted by molar-refractivity contribution is 0.0785. The molecular formula is C12H16N2O2. The van der Waals surface area contributed by atoms with Gasteiger partial charge in [-0.3, -0.25) is 9.59 Å². The van der Waals surface area contributed by atoms with Crippen LogP contribution in [0.5, 0.6) is 0 Å². The predicted molar refractivity (Wildman–Crippen MR) is 61.3 cm³/mol. The predicted octanol–water partition coefficient (Wildman–Crippen LogP) is 1.10. The van der Waals surface area contributed by atoms with Crippen LogP contribution in [0.15, 0.2) is 23.3 Å². The Morgan fingerprint density at radius 1 is 1.62 bits per heavy atom. The Labute approximate surface area is 94.3 Å². The second-order valence-electron chi connectivity index (χ2n) is 4.58. The van der Waals surface area contributed by atoms with Gasteiger partial charge < -0.3 is 9.88 Å². The Kier molecular flexibility index (Phi) is 2.81. The van der Waals surface area contributed by atoms with E-state index in [1.54, 1.807) is 11.9 Å². The van der Waals surface area contributed by atoms with Gasteiger partial charge in [0.05, 0.1) is 0 Å². The second-order valence-corrected chi connectivity index (χ2v) is 4.58. The van der Waals surface area contributed by atoms with Crippen molar-refractivity contribution in [1.29, 1.82) is 0 Å². The summed E-state index contributed by atoms with van der Waals surface area (Å²) in [6.07, 6.45) is 4.18. The van der Waals surface area contributed by atoms with Gasteiger partial charge in [-0.05, 0) is 18.3 Å². The fourth-order valence-corrected chi connectivity index (χ4v) is 1.88. The Hall–Kier alpha value is -1.58. The summed E-state index contributed by atoms with van der Waals surface area (Å²) >= 11 is 0. The van der Waals surface area contributed by atoms with Gasteiger partial charge in [0.1, 0.15) is 5.56 Å². The third kappa shape index (κ3) is 2.15. The smallest absolute Gasteiger partial charge is 0.259 e. The first-order valence-corrected chi connectivity index (χ1v) is 5.52. The van der Waals surface area contributed by atoms with E-state index in [1.807, 2.05) is 0 Å². The maximum atomic E-state index is 11.9. The van der Waals surface area contributed by atoms with Crippen molar-refractivity contribution in [3.63, 3.8) is 0 Å². The Balaban J connectivity index is 2.07. The van der Waals surface area contributed by atoms with Crippen molar-refractivity contribution in [2.75, 3.05) is 13.6 Å². The third-order valence-electron chi connectivity index (χ3n) is 3.19. The largest absolute Gasteiger partial charge is 0.367 e. The molecule has 1 N–H and O–H groups in total. The van der Waals surface area contributed by atoms with E-state index in [2.05, 4.69) is 11.9 Å². The average Bonchev–Trinajstić information content (AvgIpc) is 2.94. The molecule has 2 atom stereocenters. The van der Waals surface area contributed by atoms with E-state index < -0.39 is 0 Å². The van der Waals surface area contributed by atoms with E-state index in [-0.39, 0.29) is 16.9 Å². The van der Waals surface area contributed by atoms with Gasteiger partial charge in [0.15, 0.2) is 5.43 Å². The summed E-state index contributed by atoms with van der Waals surface area (Å²) in [7, 11) is 1.75. The molecule has 0 radical (unpaired) electrons. The molecule has 1 fully saturated rings. The van der Waals surface area contributed by atoms with Gasteiger partial charge in [-0.15, -0.1) is 0 Å². The zero-order valence-electron chi connectivity index (χ0n) is 9.56. The molecule has 2 rings (SSSR count). The minimum Gasteiger partial charge on any atom is -0.367 e. The molecule has 1 heterocycles. The van der Waals surface area contributed by atoms with Gasteiger partial charge >= 0.3 is 0 Å². The molecule has 1 aromatic heterocycles. The van der Waals surface area contributed by atoms with Crippen molar-refractivity contribution >= 4 is 5.91 Å². The summed E-state index contributed by atoms with van der Waals surface area (Å²) in [5.74, 6) is 1.13. The average molecular weight is 220 g/mol. The van der Waals surface area contributed by atoms with Gasteiger partial charge in [0, 0.05) is 32.1 Å². The number of aromatic amines is 1. The molecule has 0 aromatic carbocycles. The van der Waals surface area contributed by atoms with Crippen LogP contribution in [-0.2, 0) is 0 Å². The number of carbonyl (C=O) groups is 1. The fraction of sp³-hybridized carbons (Fsp3) is 0.500. The third-order valence-corrected chi connectivity index (χ3v) is 3.19. The first-order valence-electron chi connectivity index (χ1n) is 5.52. The Morgan fingerprint density at radius 2 is 2.31 bits per heavy atom. The quantitative estimate of drug-likeness (QED) is 0.829. The number of pyridine rings is 1. The first kappa shape index (κ1) is 10.9. The molecule has 16 heavy (non-hydrogen) atoms. The number of rotatable bonds is 3. The molecule has 1 aliphatic rings. The van der Waals surface area contributed by atoms with Crippen LogP contribution < -0.4 is 5.43 Å². The molecule has 2 unspecified atom stereocenters. The van der Waals surface area contributed by atoms with Crippen molar-refractivity contribution in [2.45, 2.75) is 13.3 Å². The zero-order chi connectivity index (χ0) is 11.7. The van der Waals surface area contributed by atoms with E-state index >= 15 is 0 Å². The number of nitrogens with one attached hydrogen (secondary N) is 1. The lowest BCUT2D eigenvalue weighted by atomic mass is 10.2. The van der Waals surface area contributed by atoms with Crippen LogP contribution in [0, 0.1) is 11.8 Å². The summed E-state index contributed by atoms with van der Waals surface area (Å²) in [6.45, 7) is 2.92. The van der Waals surface area contributed by atoms with Crippen LogP contribution in [0.3, 0.4) is 0 Å². The lowest BCUT2D eigenvalue weighted by Gasteiger charge is -2.16. The monoisotopic (exact) mass is 220 g/mol. The van der Waals surface area contributed by atoms with E-state index in [9.17, 15) is 9.59 Å². The van der Waals surface area contributed by atoms with Gasteiger partial charge in [0.25, 0.3) is 5.91 Å². The topological polar surface area (TPSA) is 53.2 Å². The maximum absolute atomic E-state index is 11.9. The highest BCUT2D eigenvalue weighted by molar-refractivity contribution is 5.93. The zero-order valence-corrected chi connectivity index (χ0v) is 9.56. The van der Waals surface area contributed by atoms with Gasteiger partial charge in [-0.1, -0.05) is 6.92 Å². The number of amides is 1. The van der Waals surface area contributed by atoms with E-state index in [0.29, 0.717) is 11.8 Å². The van der Waals surface area contributed by atoms with Crippen molar-refractivity contribution in [1.82, 2.24) is 9.88 Å². The van der Waals surface area contributed by atoms with Gasteiger partial charge in [-0.2, -0.15) is 0 Å². The maximum Gasteiger partial charge on any atom is 0.259 e. The highest BCUT2D eigenvalue weighted by Gasteiger charge is 2.34. The van der Waals surface area contributed by atoms with Crippen LogP contribution in [-0.4, -0.2) is 29.4 Å². The Bertz CT molecular complexity index is 452. The standard InChI is InChI=1S/C12H16N2O2/c1-8-5-9(8)7-14(2)12(16)10-6-13-4-3-11(10)15/h3-4,6,8-9H,5,7H2,1-2H3,(H,13,15). The molecular weight excluding hydrogens is 204 g/mol. The summed E-state index contributed by atoms with van der Waals surface area (Å²) in [5, 5.41) is 0. The number of carbonyl (C=O) groups excluding carboxylic acids is 1. The molecule has 86 valence electrons. The molecule has 1 saturated carbocycles. The van der Waals surface area contributed by atoms with Gasteiger partial charge in [-0.25, -0.2) is 0 Å². The first-order chi connectivity index (χ1) is 7.59. The van der Waals surface area contributed by atoms with Crippen molar-refractivity contribution in [3.05, 3.63) is 34.2 Å². The number of hydrogen-bond acceptors (Lipinski definition) is 2. The minimum absolute atomic E-state index is 0.194. The summed E-state index contributed by atoms with van der Waals surface area (Å²) < 4.78 is 0. The van der Waals surface area contributed by atoms with E-state index in [0.717, 1.165) is 6.54 Å². The number of hydrogen-bond donors (Lipinski definition) is 1. The van der Waals surface area contributed by atoms with Crippen LogP contribution in [0.2, 0.25) is 0 Å². The molecule has 1 aliphatic carbocycles. The van der Waals surface area contributed by atoms with Crippen LogP contribution >= 0.6 is 0 Å². The SMILES string of the molecule is CC1CC1CN(C)C(=O)c1c[nH]ccc1=O. The van der Waals surface area contributed by atoms with Gasteiger partial charge in [0.2, 0.25) is 0 Å². The van der Waals surface area contributed by atoms with Crippen LogP contribution in [0.25, 0.3) is 0 Å². The lowest BCUT2D eigenvalue weighted by Crippen LogP contribution is -2.32. The van der Waals surface area contributed by atoms with Crippen LogP contribution in [0.4, 0.5) is 0 Å². The normalized spacial score (nSPS) is 22.9. The van der Waals surface area contributed by atoms with Crippen molar-refractivity contribution < 1.29 is 4.79 Å². The highest BCUT2D eigenvalue weighted by atomic mass is 16.2. The minimum atomic E-state index is -0.223. The summed E-state index contributed by atoms with van der Waals surface area (Å²) in [5.41, 5.74) is -0.00208. The highest BCUT2D eigenvalue weighted by Crippen LogP contribution is 2.38. The number of H-pyrrole nitrogens is 1. The number of aromatic nitrogens is 1. The molecule has 4 heteroatoms. The molecule has 4 nitrogen and oxygen atoms in total. The molecule has 0 saturated heterocycles. The van der Waals surface area contributed by atoms with Crippen molar-refractivity contribution in [3.8, 4) is 0 Å². The van der Waals surface area contributed by atoms with Crippen LogP contribution in [0.1, 0.15) is 23.7 Å². The van der Waals surface area contributed by atoms with E-state index in [4.69, 9.17) is 0 Å². The fourth-order valence-electron chi connectivity index (χ4n) is 1.88. The molecule has 1 aromatic rings. The van der Waals surface area contributed by atoms with E-state index in [1.165, 1.54) is 24.9 Å². The Morgan fingerprint density at radius 3 is 2.88 bits per heavy atom. The number of nitrogens with zero attached hydrogens (tertiary/aromatic N) is 1. The molecule has 0 spiro atoms. The molecule has 0 aliphatic heterocycles. The molecule has 0 bridgehead atoms. The summed E-state index contributed by atoms with van der Waals surface area (Å²) in [4.78, 5) is 27.8.